The van der Waals surface area contributed by atoms with Gasteiger partial charge in [0.15, 0.2) is 0 Å². The van der Waals surface area contributed by atoms with Crippen LogP contribution in [-0.2, 0) is 22.5 Å². The number of nitrogens with two attached hydrogens (primary N) is 1. The molecule has 0 saturated heterocycles. The summed E-state index contributed by atoms with van der Waals surface area (Å²) in [4.78, 5) is 15.2. The quantitative estimate of drug-likeness (QED) is 0.799. The van der Waals surface area contributed by atoms with E-state index in [4.69, 9.17) is 10.5 Å². The number of aromatic nitrogens is 1. The summed E-state index contributed by atoms with van der Waals surface area (Å²) in [6, 6.07) is 2.43. The molecule has 0 spiro atoms. The van der Waals surface area contributed by atoms with Gasteiger partial charge in [-0.25, -0.2) is 8.78 Å². The van der Waals surface area contributed by atoms with Crippen molar-refractivity contribution >= 4 is 5.97 Å². The number of pyridine rings is 1. The minimum absolute atomic E-state index is 0.0520. The summed E-state index contributed by atoms with van der Waals surface area (Å²) in [5.74, 6) is -0.491. The number of halogens is 2. The lowest BCUT2D eigenvalue weighted by molar-refractivity contribution is -0.142. The normalized spacial score (nSPS) is 10.6. The zero-order chi connectivity index (χ0) is 12.8. The number of carbonyl (C=O) groups is 1. The molecule has 0 atom stereocenters. The summed E-state index contributed by atoms with van der Waals surface area (Å²) < 4.78 is 29.9. The second-order valence-electron chi connectivity index (χ2n) is 3.37. The molecule has 0 aliphatic heterocycles. The van der Waals surface area contributed by atoms with Crippen molar-refractivity contribution in [3.8, 4) is 0 Å². The summed E-state index contributed by atoms with van der Waals surface area (Å²) in [6.07, 6.45) is -2.73. The molecule has 1 aromatic rings. The van der Waals surface area contributed by atoms with Gasteiger partial charge >= 0.3 is 5.97 Å². The molecule has 1 heterocycles. The Labute approximate surface area is 97.8 Å². The molecule has 0 saturated carbocycles. The molecular weight excluding hydrogens is 230 g/mol. The molecule has 0 aromatic carbocycles. The lowest BCUT2D eigenvalue weighted by Crippen LogP contribution is -2.11. The second-order valence-corrected chi connectivity index (χ2v) is 3.37. The Kier molecular flexibility index (Phi) is 4.96. The zero-order valence-electron chi connectivity index (χ0n) is 9.45. The van der Waals surface area contributed by atoms with Gasteiger partial charge in [0, 0.05) is 12.1 Å². The minimum atomic E-state index is -2.61. The third-order valence-electron chi connectivity index (χ3n) is 2.05. The van der Waals surface area contributed by atoms with Crippen LogP contribution in [0.1, 0.15) is 30.3 Å². The van der Waals surface area contributed by atoms with Gasteiger partial charge in [-0.3, -0.25) is 9.78 Å². The summed E-state index contributed by atoms with van der Waals surface area (Å²) in [7, 11) is 0. The maximum absolute atomic E-state index is 12.6. The van der Waals surface area contributed by atoms with Gasteiger partial charge in [0.2, 0.25) is 0 Å². The molecule has 17 heavy (non-hydrogen) atoms. The molecule has 1 rings (SSSR count). The molecule has 0 aliphatic carbocycles. The molecule has 0 amide bonds. The molecule has 0 unspecified atom stereocenters. The van der Waals surface area contributed by atoms with Gasteiger partial charge in [0.05, 0.1) is 24.4 Å². The maximum atomic E-state index is 12.6. The smallest absolute Gasteiger partial charge is 0.311 e. The van der Waals surface area contributed by atoms with Crippen LogP contribution in [0.15, 0.2) is 12.1 Å². The third kappa shape index (κ3) is 4.07. The van der Waals surface area contributed by atoms with E-state index in [1.165, 1.54) is 12.1 Å². The van der Waals surface area contributed by atoms with Crippen molar-refractivity contribution in [2.24, 2.45) is 5.73 Å². The van der Waals surface area contributed by atoms with Crippen molar-refractivity contribution in [1.29, 1.82) is 0 Å². The third-order valence-corrected chi connectivity index (χ3v) is 2.05. The van der Waals surface area contributed by atoms with Gasteiger partial charge in [-0.15, -0.1) is 0 Å². The fourth-order valence-electron chi connectivity index (χ4n) is 1.36. The van der Waals surface area contributed by atoms with Crippen molar-refractivity contribution in [1.82, 2.24) is 4.98 Å². The molecule has 4 nitrogen and oxygen atoms in total. The number of hydrogen-bond acceptors (Lipinski definition) is 4. The minimum Gasteiger partial charge on any atom is -0.466 e. The van der Waals surface area contributed by atoms with Crippen molar-refractivity contribution in [2.45, 2.75) is 26.3 Å². The number of alkyl halides is 2. The van der Waals surface area contributed by atoms with Crippen LogP contribution < -0.4 is 5.73 Å². The standard InChI is InChI=1S/C11H14F2N2O2/c1-2-17-10(16)5-8-3-7(11(12)13)4-9(6-14)15-8/h3-4,11H,2,5-6,14H2,1H3. The Hall–Kier alpha value is -1.56. The average molecular weight is 244 g/mol. The predicted molar refractivity (Wildman–Crippen MR) is 57.4 cm³/mol. The first-order chi connectivity index (χ1) is 8.06. The maximum Gasteiger partial charge on any atom is 0.311 e. The molecule has 2 N–H and O–H groups in total. The molecule has 0 fully saturated rings. The molecular formula is C11H14F2N2O2. The Balaban J connectivity index is 2.90. The highest BCUT2D eigenvalue weighted by Crippen LogP contribution is 2.20. The average Bonchev–Trinajstić information content (AvgIpc) is 2.28. The number of carbonyl (C=O) groups excluding carboxylic acids is 1. The lowest BCUT2D eigenvalue weighted by atomic mass is 10.1. The van der Waals surface area contributed by atoms with Crippen LogP contribution in [0.5, 0.6) is 0 Å². The second kappa shape index (κ2) is 6.24. The number of hydrogen-bond donors (Lipinski definition) is 1. The molecule has 1 aromatic heterocycles. The van der Waals surface area contributed by atoms with Crippen molar-refractivity contribution in [3.05, 3.63) is 29.1 Å². The van der Waals surface area contributed by atoms with Crippen LogP contribution >= 0.6 is 0 Å². The SMILES string of the molecule is CCOC(=O)Cc1cc(C(F)F)cc(CN)n1. The van der Waals surface area contributed by atoms with E-state index in [-0.39, 0.29) is 30.8 Å². The highest BCUT2D eigenvalue weighted by Gasteiger charge is 2.13. The number of ether oxygens (including phenoxy) is 1. The van der Waals surface area contributed by atoms with Gasteiger partial charge in [-0.1, -0.05) is 0 Å². The van der Waals surface area contributed by atoms with Gasteiger partial charge in [0.25, 0.3) is 6.43 Å². The van der Waals surface area contributed by atoms with Gasteiger partial charge in [-0.2, -0.15) is 0 Å². The van der Waals surface area contributed by atoms with Gasteiger partial charge in [-0.05, 0) is 19.1 Å². The molecule has 0 radical (unpaired) electrons. The van der Waals surface area contributed by atoms with E-state index < -0.39 is 12.4 Å². The fourth-order valence-corrected chi connectivity index (χ4v) is 1.36. The Morgan fingerprint density at radius 1 is 1.47 bits per heavy atom. The molecule has 6 heteroatoms. The van der Waals surface area contributed by atoms with Crippen molar-refractivity contribution < 1.29 is 18.3 Å². The van der Waals surface area contributed by atoms with Crippen LogP contribution in [0.3, 0.4) is 0 Å². The van der Waals surface area contributed by atoms with Crippen LogP contribution in [-0.4, -0.2) is 17.6 Å². The van der Waals surface area contributed by atoms with E-state index in [1.807, 2.05) is 0 Å². The van der Waals surface area contributed by atoms with Crippen LogP contribution in [0, 0.1) is 0 Å². The molecule has 0 bridgehead atoms. The van der Waals surface area contributed by atoms with E-state index >= 15 is 0 Å². The van der Waals surface area contributed by atoms with Crippen LogP contribution in [0.2, 0.25) is 0 Å². The monoisotopic (exact) mass is 244 g/mol. The first-order valence-electron chi connectivity index (χ1n) is 5.20. The lowest BCUT2D eigenvalue weighted by Gasteiger charge is -2.07. The molecule has 0 aliphatic rings. The first kappa shape index (κ1) is 13.5. The predicted octanol–water partition coefficient (Wildman–Crippen LogP) is 1.58. The number of esters is 1. The van der Waals surface area contributed by atoms with E-state index in [0.717, 1.165) is 0 Å². The number of nitrogens with zero attached hydrogens (tertiary/aromatic N) is 1. The van der Waals surface area contributed by atoms with E-state index in [9.17, 15) is 13.6 Å². The Morgan fingerprint density at radius 2 is 2.12 bits per heavy atom. The van der Waals surface area contributed by atoms with E-state index in [2.05, 4.69) is 4.98 Å². The van der Waals surface area contributed by atoms with E-state index in [0.29, 0.717) is 5.69 Å². The van der Waals surface area contributed by atoms with Gasteiger partial charge in [0.1, 0.15) is 0 Å². The summed E-state index contributed by atoms with van der Waals surface area (Å²) in [5, 5.41) is 0. The molecule has 94 valence electrons. The highest BCUT2D eigenvalue weighted by molar-refractivity contribution is 5.72. The summed E-state index contributed by atoms with van der Waals surface area (Å²) in [6.45, 7) is 1.97. The van der Waals surface area contributed by atoms with Gasteiger partial charge < -0.3 is 10.5 Å². The largest absolute Gasteiger partial charge is 0.466 e. The fraction of sp³-hybridized carbons (Fsp3) is 0.455. The Bertz CT molecular complexity index is 397. The van der Waals surface area contributed by atoms with Crippen molar-refractivity contribution in [2.75, 3.05) is 6.61 Å². The topological polar surface area (TPSA) is 65.2 Å². The summed E-state index contributed by atoms with van der Waals surface area (Å²) >= 11 is 0. The van der Waals surface area contributed by atoms with Crippen LogP contribution in [0.25, 0.3) is 0 Å². The Morgan fingerprint density at radius 3 is 2.65 bits per heavy atom. The van der Waals surface area contributed by atoms with E-state index in [1.54, 1.807) is 6.92 Å². The van der Waals surface area contributed by atoms with Crippen molar-refractivity contribution in [3.63, 3.8) is 0 Å². The summed E-state index contributed by atoms with van der Waals surface area (Å²) in [5.41, 5.74) is 5.76. The van der Waals surface area contributed by atoms with Crippen LogP contribution in [0.4, 0.5) is 8.78 Å². The zero-order valence-corrected chi connectivity index (χ0v) is 9.45. The first-order valence-corrected chi connectivity index (χ1v) is 5.20. The number of rotatable bonds is 5. The highest BCUT2D eigenvalue weighted by atomic mass is 19.3.